The predicted octanol–water partition coefficient (Wildman–Crippen LogP) is 2.15. The number of nitro groups is 1. The van der Waals surface area contributed by atoms with Crippen molar-refractivity contribution in [3.05, 3.63) is 34.4 Å². The number of anilines is 1. The fourth-order valence-electron chi connectivity index (χ4n) is 3.76. The van der Waals surface area contributed by atoms with Crippen LogP contribution in [0.2, 0.25) is 0 Å². The molecular formula is C19H27N5O4. The number of nitro benzene ring substituents is 1. The Balaban J connectivity index is 1.47. The van der Waals surface area contributed by atoms with Gasteiger partial charge in [-0.25, -0.2) is 4.79 Å². The SMILES string of the molecule is CC1CCCCN1C(=O)CN1CCN(C(=O)Nc2cccc([N+](=O)[O-])c2)CC1. The van der Waals surface area contributed by atoms with Crippen molar-refractivity contribution in [2.45, 2.75) is 32.2 Å². The topological polar surface area (TPSA) is 99.0 Å². The molecule has 2 aliphatic rings. The van der Waals surface area contributed by atoms with Gasteiger partial charge in [0.1, 0.15) is 0 Å². The van der Waals surface area contributed by atoms with Crippen LogP contribution in [-0.4, -0.2) is 76.9 Å². The molecule has 2 fully saturated rings. The van der Waals surface area contributed by atoms with Gasteiger partial charge in [0.05, 0.1) is 11.5 Å². The first-order chi connectivity index (χ1) is 13.4. The second-order valence-electron chi connectivity index (χ2n) is 7.43. The summed E-state index contributed by atoms with van der Waals surface area (Å²) >= 11 is 0. The highest BCUT2D eigenvalue weighted by molar-refractivity contribution is 5.89. The summed E-state index contributed by atoms with van der Waals surface area (Å²) in [6.45, 7) is 5.64. The van der Waals surface area contributed by atoms with E-state index in [-0.39, 0.29) is 17.6 Å². The zero-order chi connectivity index (χ0) is 20.1. The molecule has 9 heteroatoms. The minimum Gasteiger partial charge on any atom is -0.339 e. The van der Waals surface area contributed by atoms with Gasteiger partial charge in [-0.05, 0) is 32.3 Å². The molecule has 0 bridgehead atoms. The summed E-state index contributed by atoms with van der Waals surface area (Å²) in [4.78, 5) is 41.1. The number of rotatable bonds is 4. The molecule has 0 aromatic heterocycles. The molecule has 1 N–H and O–H groups in total. The van der Waals surface area contributed by atoms with E-state index in [1.54, 1.807) is 17.0 Å². The number of carbonyl (C=O) groups is 2. The minimum absolute atomic E-state index is 0.0620. The van der Waals surface area contributed by atoms with E-state index in [9.17, 15) is 19.7 Å². The minimum atomic E-state index is -0.491. The molecule has 0 saturated carbocycles. The van der Waals surface area contributed by atoms with Gasteiger partial charge in [0, 0.05) is 56.6 Å². The number of hydrogen-bond donors (Lipinski definition) is 1. The number of urea groups is 1. The molecule has 1 aromatic carbocycles. The Kier molecular flexibility index (Phi) is 6.45. The van der Waals surface area contributed by atoms with Gasteiger partial charge in [0.2, 0.25) is 5.91 Å². The highest BCUT2D eigenvalue weighted by atomic mass is 16.6. The van der Waals surface area contributed by atoms with Crippen LogP contribution in [0, 0.1) is 10.1 Å². The molecular weight excluding hydrogens is 362 g/mol. The van der Waals surface area contributed by atoms with Crippen molar-refractivity contribution in [1.29, 1.82) is 0 Å². The summed E-state index contributed by atoms with van der Waals surface area (Å²) in [5, 5.41) is 13.6. The molecule has 1 atom stereocenters. The van der Waals surface area contributed by atoms with Crippen LogP contribution in [0.25, 0.3) is 0 Å². The largest absolute Gasteiger partial charge is 0.339 e. The molecule has 1 aromatic rings. The predicted molar refractivity (Wildman–Crippen MR) is 105 cm³/mol. The van der Waals surface area contributed by atoms with E-state index in [0.29, 0.717) is 44.5 Å². The Morgan fingerprint density at radius 3 is 2.61 bits per heavy atom. The van der Waals surface area contributed by atoms with Gasteiger partial charge < -0.3 is 15.1 Å². The summed E-state index contributed by atoms with van der Waals surface area (Å²) in [6, 6.07) is 5.92. The number of nitrogens with one attached hydrogen (secondary N) is 1. The van der Waals surface area contributed by atoms with Crippen LogP contribution in [-0.2, 0) is 4.79 Å². The third-order valence-corrected chi connectivity index (χ3v) is 5.45. The first kappa shape index (κ1) is 20.1. The highest BCUT2D eigenvalue weighted by Crippen LogP contribution is 2.19. The molecule has 9 nitrogen and oxygen atoms in total. The van der Waals surface area contributed by atoms with E-state index < -0.39 is 4.92 Å². The van der Waals surface area contributed by atoms with Crippen molar-refractivity contribution < 1.29 is 14.5 Å². The lowest BCUT2D eigenvalue weighted by Gasteiger charge is -2.38. The quantitative estimate of drug-likeness (QED) is 0.628. The maximum atomic E-state index is 12.6. The van der Waals surface area contributed by atoms with Crippen LogP contribution < -0.4 is 5.32 Å². The van der Waals surface area contributed by atoms with Crippen LogP contribution in [0.4, 0.5) is 16.2 Å². The number of benzene rings is 1. The van der Waals surface area contributed by atoms with Crippen LogP contribution in [0.5, 0.6) is 0 Å². The Bertz CT molecular complexity index is 733. The standard InChI is InChI=1S/C19H27N5O4/c1-15-5-2-3-8-23(15)18(25)14-21-9-11-22(12-10-21)19(26)20-16-6-4-7-17(13-16)24(27)28/h4,6-7,13,15H,2-3,5,8-12,14H2,1H3,(H,20,26). The van der Waals surface area contributed by atoms with Crippen molar-refractivity contribution in [3.63, 3.8) is 0 Å². The third kappa shape index (κ3) is 4.98. The van der Waals surface area contributed by atoms with E-state index in [1.807, 2.05) is 4.90 Å². The van der Waals surface area contributed by atoms with Gasteiger partial charge in [0.15, 0.2) is 0 Å². The lowest BCUT2D eigenvalue weighted by Crippen LogP contribution is -2.53. The smallest absolute Gasteiger partial charge is 0.321 e. The molecule has 2 aliphatic heterocycles. The Hall–Kier alpha value is -2.68. The lowest BCUT2D eigenvalue weighted by molar-refractivity contribution is -0.384. The molecule has 3 amide bonds. The lowest BCUT2D eigenvalue weighted by atomic mass is 10.0. The van der Waals surface area contributed by atoms with Crippen LogP contribution in [0.1, 0.15) is 26.2 Å². The van der Waals surface area contributed by atoms with Crippen molar-refractivity contribution in [2.24, 2.45) is 0 Å². The zero-order valence-corrected chi connectivity index (χ0v) is 16.2. The molecule has 0 radical (unpaired) electrons. The number of carbonyl (C=O) groups excluding carboxylic acids is 2. The molecule has 2 saturated heterocycles. The van der Waals surface area contributed by atoms with Gasteiger partial charge in [0.25, 0.3) is 5.69 Å². The number of hydrogen-bond acceptors (Lipinski definition) is 5. The van der Waals surface area contributed by atoms with Crippen molar-refractivity contribution in [3.8, 4) is 0 Å². The zero-order valence-electron chi connectivity index (χ0n) is 16.2. The van der Waals surface area contributed by atoms with Crippen LogP contribution in [0.15, 0.2) is 24.3 Å². The van der Waals surface area contributed by atoms with Crippen LogP contribution >= 0.6 is 0 Å². The van der Waals surface area contributed by atoms with E-state index in [2.05, 4.69) is 17.1 Å². The van der Waals surface area contributed by atoms with Gasteiger partial charge in [-0.15, -0.1) is 0 Å². The number of nitrogens with zero attached hydrogens (tertiary/aromatic N) is 4. The number of likely N-dealkylation sites (tertiary alicyclic amines) is 1. The monoisotopic (exact) mass is 389 g/mol. The summed E-state index contributed by atoms with van der Waals surface area (Å²) in [7, 11) is 0. The number of non-ortho nitro benzene ring substituents is 1. The number of piperazine rings is 1. The van der Waals surface area contributed by atoms with E-state index in [1.165, 1.54) is 18.6 Å². The van der Waals surface area contributed by atoms with Crippen molar-refractivity contribution >= 4 is 23.3 Å². The van der Waals surface area contributed by atoms with Gasteiger partial charge in [-0.2, -0.15) is 0 Å². The number of piperidine rings is 1. The van der Waals surface area contributed by atoms with E-state index in [4.69, 9.17) is 0 Å². The van der Waals surface area contributed by atoms with Crippen molar-refractivity contribution in [1.82, 2.24) is 14.7 Å². The first-order valence-electron chi connectivity index (χ1n) is 9.76. The second-order valence-corrected chi connectivity index (χ2v) is 7.43. The normalized spacial score (nSPS) is 20.7. The molecule has 152 valence electrons. The summed E-state index contributed by atoms with van der Waals surface area (Å²) in [5.74, 6) is 0.168. The maximum absolute atomic E-state index is 12.6. The fraction of sp³-hybridized carbons (Fsp3) is 0.579. The highest BCUT2D eigenvalue weighted by Gasteiger charge is 2.27. The maximum Gasteiger partial charge on any atom is 0.321 e. The third-order valence-electron chi connectivity index (χ3n) is 5.45. The Labute approximate surface area is 164 Å². The van der Waals surface area contributed by atoms with Crippen molar-refractivity contribution in [2.75, 3.05) is 44.6 Å². The number of amides is 3. The Morgan fingerprint density at radius 2 is 1.93 bits per heavy atom. The fourth-order valence-corrected chi connectivity index (χ4v) is 3.76. The van der Waals surface area contributed by atoms with Gasteiger partial charge >= 0.3 is 6.03 Å². The van der Waals surface area contributed by atoms with Gasteiger partial charge in [-0.3, -0.25) is 19.8 Å². The van der Waals surface area contributed by atoms with E-state index in [0.717, 1.165) is 19.4 Å². The molecule has 0 aliphatic carbocycles. The molecule has 3 rings (SSSR count). The molecule has 28 heavy (non-hydrogen) atoms. The average Bonchev–Trinajstić information content (AvgIpc) is 2.69. The average molecular weight is 389 g/mol. The molecule has 1 unspecified atom stereocenters. The van der Waals surface area contributed by atoms with E-state index >= 15 is 0 Å². The summed E-state index contributed by atoms with van der Waals surface area (Å²) in [6.07, 6.45) is 3.32. The molecule has 2 heterocycles. The Morgan fingerprint density at radius 1 is 1.18 bits per heavy atom. The van der Waals surface area contributed by atoms with Gasteiger partial charge in [-0.1, -0.05) is 6.07 Å². The summed E-state index contributed by atoms with van der Waals surface area (Å²) in [5.41, 5.74) is 0.337. The molecule has 0 spiro atoms. The second kappa shape index (κ2) is 9.01. The van der Waals surface area contributed by atoms with Crippen LogP contribution in [0.3, 0.4) is 0 Å². The summed E-state index contributed by atoms with van der Waals surface area (Å²) < 4.78 is 0. The first-order valence-corrected chi connectivity index (χ1v) is 9.76.